The molecule has 0 radical (unpaired) electrons. The normalized spacial score (nSPS) is 23.6. The minimum atomic E-state index is 0.320. The molecule has 2 aromatic rings. The highest BCUT2D eigenvalue weighted by Crippen LogP contribution is 2.30. The molecule has 1 N–H and O–H groups in total. The van der Waals surface area contributed by atoms with Crippen LogP contribution in [0.2, 0.25) is 0 Å². The highest BCUT2D eigenvalue weighted by atomic mass is 16.2. The maximum atomic E-state index is 12.8. The Morgan fingerprint density at radius 2 is 2.00 bits per heavy atom. The molecule has 0 aliphatic carbocycles. The van der Waals surface area contributed by atoms with Crippen LogP contribution in [0.5, 0.6) is 0 Å². The third-order valence-corrected chi connectivity index (χ3v) is 5.72. The highest BCUT2D eigenvalue weighted by Gasteiger charge is 2.39. The quantitative estimate of drug-likeness (QED) is 0.931. The summed E-state index contributed by atoms with van der Waals surface area (Å²) in [5.74, 6) is 0.999. The number of rotatable bonds is 4. The molecule has 2 fully saturated rings. The van der Waals surface area contributed by atoms with Gasteiger partial charge in [-0.15, -0.1) is 0 Å². The largest absolute Gasteiger partial charge is 0.358 e. The predicted molar refractivity (Wildman–Crippen MR) is 100 cm³/mol. The lowest BCUT2D eigenvalue weighted by molar-refractivity contribution is -0.135. The van der Waals surface area contributed by atoms with Crippen molar-refractivity contribution in [3.8, 4) is 11.3 Å². The van der Waals surface area contributed by atoms with Crippen molar-refractivity contribution in [2.75, 3.05) is 26.7 Å². The first kappa shape index (κ1) is 16.4. The molecule has 0 bridgehead atoms. The summed E-state index contributed by atoms with van der Waals surface area (Å²) in [5, 5.41) is 0. The van der Waals surface area contributed by atoms with E-state index in [4.69, 9.17) is 0 Å². The van der Waals surface area contributed by atoms with Gasteiger partial charge in [-0.05, 0) is 49.9 Å². The molecule has 2 saturated heterocycles. The van der Waals surface area contributed by atoms with Gasteiger partial charge in [0.1, 0.15) is 0 Å². The van der Waals surface area contributed by atoms with Crippen LogP contribution < -0.4 is 0 Å². The van der Waals surface area contributed by atoms with E-state index in [0.717, 1.165) is 43.9 Å². The van der Waals surface area contributed by atoms with Gasteiger partial charge in [-0.2, -0.15) is 0 Å². The van der Waals surface area contributed by atoms with Gasteiger partial charge in [-0.3, -0.25) is 4.79 Å². The number of aromatic nitrogens is 1. The second-order valence-electron chi connectivity index (χ2n) is 7.54. The van der Waals surface area contributed by atoms with Crippen LogP contribution in [-0.4, -0.2) is 53.4 Å². The van der Waals surface area contributed by atoms with Crippen molar-refractivity contribution in [3.05, 3.63) is 48.2 Å². The number of aromatic amines is 1. The molecule has 0 unspecified atom stereocenters. The molecule has 2 aliphatic heterocycles. The molecule has 4 nitrogen and oxygen atoms in total. The number of likely N-dealkylation sites (tertiary alicyclic amines) is 2. The zero-order valence-corrected chi connectivity index (χ0v) is 14.9. The van der Waals surface area contributed by atoms with Crippen LogP contribution in [0.4, 0.5) is 0 Å². The highest BCUT2D eigenvalue weighted by molar-refractivity contribution is 5.77. The summed E-state index contributed by atoms with van der Waals surface area (Å²) in [6.45, 7) is 3.12. The number of nitrogens with one attached hydrogen (secondary N) is 1. The molecule has 1 aromatic heterocycles. The molecule has 25 heavy (non-hydrogen) atoms. The molecule has 0 spiro atoms. The second kappa shape index (κ2) is 7.04. The smallest absolute Gasteiger partial charge is 0.223 e. The Balaban J connectivity index is 1.37. The standard InChI is InChI=1S/C21H27N3O/c1-23-14-17-8-5-13-24(20(17)15-23)21(25)12-10-18-9-11-19(22-18)16-6-3-2-4-7-16/h2-4,6-7,9,11,17,20,22H,5,8,10,12-15H2,1H3/t17-,20+/m0/s1. The summed E-state index contributed by atoms with van der Waals surface area (Å²) in [6.07, 6.45) is 3.81. The molecule has 2 atom stereocenters. The van der Waals surface area contributed by atoms with E-state index < -0.39 is 0 Å². The van der Waals surface area contributed by atoms with Crippen LogP contribution in [0, 0.1) is 5.92 Å². The molecular weight excluding hydrogens is 310 g/mol. The lowest BCUT2D eigenvalue weighted by Gasteiger charge is -2.37. The monoisotopic (exact) mass is 337 g/mol. The number of nitrogens with zero attached hydrogens (tertiary/aromatic N) is 2. The van der Waals surface area contributed by atoms with Gasteiger partial charge in [-0.1, -0.05) is 30.3 Å². The summed E-state index contributed by atoms with van der Waals surface area (Å²) in [4.78, 5) is 20.8. The summed E-state index contributed by atoms with van der Waals surface area (Å²) in [6, 6.07) is 15.0. The number of likely N-dealkylation sites (N-methyl/N-ethyl adjacent to an activating group) is 1. The van der Waals surface area contributed by atoms with Crippen LogP contribution in [0.3, 0.4) is 0 Å². The van der Waals surface area contributed by atoms with Crippen LogP contribution in [-0.2, 0) is 11.2 Å². The van der Waals surface area contributed by atoms with Crippen molar-refractivity contribution in [1.29, 1.82) is 0 Å². The Morgan fingerprint density at radius 1 is 1.16 bits per heavy atom. The van der Waals surface area contributed by atoms with Crippen molar-refractivity contribution in [2.45, 2.75) is 31.7 Å². The Hall–Kier alpha value is -2.07. The van der Waals surface area contributed by atoms with Gasteiger partial charge in [0, 0.05) is 43.5 Å². The molecule has 4 rings (SSSR count). The summed E-state index contributed by atoms with van der Waals surface area (Å²) in [5.41, 5.74) is 3.45. The fraction of sp³-hybridized carbons (Fsp3) is 0.476. The Bertz CT molecular complexity index is 724. The van der Waals surface area contributed by atoms with Crippen LogP contribution in [0.25, 0.3) is 11.3 Å². The number of hydrogen-bond acceptors (Lipinski definition) is 2. The zero-order chi connectivity index (χ0) is 17.2. The van der Waals surface area contributed by atoms with E-state index in [-0.39, 0.29) is 0 Å². The average Bonchev–Trinajstić information content (AvgIpc) is 3.25. The van der Waals surface area contributed by atoms with Crippen molar-refractivity contribution < 1.29 is 4.79 Å². The molecule has 3 heterocycles. The molecule has 0 saturated carbocycles. The number of carbonyl (C=O) groups is 1. The van der Waals surface area contributed by atoms with Crippen molar-refractivity contribution in [3.63, 3.8) is 0 Å². The summed E-state index contributed by atoms with van der Waals surface area (Å²) in [7, 11) is 2.17. The van der Waals surface area contributed by atoms with Gasteiger partial charge in [0.2, 0.25) is 5.91 Å². The lowest BCUT2D eigenvalue weighted by Crippen LogP contribution is -2.48. The van der Waals surface area contributed by atoms with Crippen molar-refractivity contribution >= 4 is 5.91 Å². The number of benzene rings is 1. The van der Waals surface area contributed by atoms with Gasteiger partial charge in [-0.25, -0.2) is 0 Å². The number of hydrogen-bond donors (Lipinski definition) is 1. The number of amides is 1. The first-order chi connectivity index (χ1) is 12.2. The lowest BCUT2D eigenvalue weighted by atomic mass is 9.91. The first-order valence-corrected chi connectivity index (χ1v) is 9.42. The zero-order valence-electron chi connectivity index (χ0n) is 14.9. The third kappa shape index (κ3) is 3.49. The Morgan fingerprint density at radius 3 is 2.84 bits per heavy atom. The number of aryl methyl sites for hydroxylation is 1. The second-order valence-corrected chi connectivity index (χ2v) is 7.54. The van der Waals surface area contributed by atoms with E-state index in [1.807, 2.05) is 18.2 Å². The Kier molecular flexibility index (Phi) is 4.62. The van der Waals surface area contributed by atoms with Crippen LogP contribution >= 0.6 is 0 Å². The molecule has 1 amide bonds. The number of piperidine rings is 1. The SMILES string of the molecule is CN1C[C@@H]2CCCN(C(=O)CCc3ccc(-c4ccccc4)[nH]3)[C@@H]2C1. The van der Waals surface area contributed by atoms with Crippen LogP contribution in [0.15, 0.2) is 42.5 Å². The maximum absolute atomic E-state index is 12.8. The fourth-order valence-electron chi connectivity index (χ4n) is 4.46. The maximum Gasteiger partial charge on any atom is 0.223 e. The van der Waals surface area contributed by atoms with E-state index in [0.29, 0.717) is 24.3 Å². The fourth-order valence-corrected chi connectivity index (χ4v) is 4.46. The van der Waals surface area contributed by atoms with Gasteiger partial charge in [0.05, 0.1) is 0 Å². The minimum Gasteiger partial charge on any atom is -0.358 e. The number of fused-ring (bicyclic) bond motifs is 1. The Labute approximate surface area is 149 Å². The third-order valence-electron chi connectivity index (χ3n) is 5.72. The topological polar surface area (TPSA) is 39.3 Å². The molecule has 2 aliphatic rings. The van der Waals surface area contributed by atoms with Crippen LogP contribution in [0.1, 0.15) is 25.0 Å². The summed E-state index contributed by atoms with van der Waals surface area (Å²) >= 11 is 0. The first-order valence-electron chi connectivity index (χ1n) is 9.42. The van der Waals surface area contributed by atoms with E-state index in [1.54, 1.807) is 0 Å². The number of H-pyrrole nitrogens is 1. The summed E-state index contributed by atoms with van der Waals surface area (Å²) < 4.78 is 0. The molecule has 4 heteroatoms. The van der Waals surface area contributed by atoms with E-state index in [2.05, 4.69) is 46.1 Å². The van der Waals surface area contributed by atoms with E-state index in [9.17, 15) is 4.79 Å². The minimum absolute atomic E-state index is 0.320. The van der Waals surface area contributed by atoms with Crippen molar-refractivity contribution in [2.24, 2.45) is 5.92 Å². The van der Waals surface area contributed by atoms with Gasteiger partial charge < -0.3 is 14.8 Å². The predicted octanol–water partition coefficient (Wildman–Crippen LogP) is 3.17. The van der Waals surface area contributed by atoms with E-state index in [1.165, 1.54) is 12.0 Å². The number of carbonyl (C=O) groups excluding carboxylic acids is 1. The molecule has 132 valence electrons. The van der Waals surface area contributed by atoms with E-state index >= 15 is 0 Å². The van der Waals surface area contributed by atoms with Gasteiger partial charge >= 0.3 is 0 Å². The van der Waals surface area contributed by atoms with Gasteiger partial charge in [0.15, 0.2) is 0 Å². The van der Waals surface area contributed by atoms with Crippen molar-refractivity contribution in [1.82, 2.24) is 14.8 Å². The average molecular weight is 337 g/mol. The molecule has 1 aromatic carbocycles. The van der Waals surface area contributed by atoms with Gasteiger partial charge in [0.25, 0.3) is 0 Å². The molecular formula is C21H27N3O.